The minimum Gasteiger partial charge on any atom is -0.323 e. The van der Waals surface area contributed by atoms with Gasteiger partial charge in [-0.3, -0.25) is 4.79 Å². The van der Waals surface area contributed by atoms with Crippen molar-refractivity contribution in [1.82, 2.24) is 5.32 Å². The smallest absolute Gasteiger partial charge is 0.232 e. The molecule has 0 aromatic heterocycles. The first kappa shape index (κ1) is 14.3. The fraction of sp³-hybridized carbons (Fsp3) is 0.500. The number of benzene rings is 1. The molecular formula is C14H18ClFN2O. The molecule has 5 heteroatoms. The van der Waals surface area contributed by atoms with E-state index in [2.05, 4.69) is 10.6 Å². The minimum atomic E-state index is -0.581. The van der Waals surface area contributed by atoms with Crippen molar-refractivity contribution in [2.75, 3.05) is 18.4 Å². The van der Waals surface area contributed by atoms with Crippen LogP contribution in [0.5, 0.6) is 0 Å². The second-order valence-electron chi connectivity index (χ2n) is 5.29. The lowest BCUT2D eigenvalue weighted by molar-refractivity contribution is -0.126. The molecule has 0 spiro atoms. The Morgan fingerprint density at radius 3 is 2.84 bits per heavy atom. The maximum absolute atomic E-state index is 13.8. The van der Waals surface area contributed by atoms with Crippen LogP contribution >= 0.6 is 11.6 Å². The molecule has 1 fully saturated rings. The van der Waals surface area contributed by atoms with Gasteiger partial charge in [0.05, 0.1) is 16.1 Å². The second kappa shape index (κ2) is 5.47. The summed E-state index contributed by atoms with van der Waals surface area (Å²) in [4.78, 5) is 12.5. The summed E-state index contributed by atoms with van der Waals surface area (Å²) < 4.78 is 13.8. The van der Waals surface area contributed by atoms with Crippen molar-refractivity contribution < 1.29 is 9.18 Å². The Hall–Kier alpha value is -1.13. The van der Waals surface area contributed by atoms with Gasteiger partial charge in [0.15, 0.2) is 5.82 Å². The van der Waals surface area contributed by atoms with Crippen LogP contribution < -0.4 is 10.6 Å². The van der Waals surface area contributed by atoms with E-state index in [0.29, 0.717) is 6.54 Å². The summed E-state index contributed by atoms with van der Waals surface area (Å²) in [6.07, 6.45) is 0.763. The van der Waals surface area contributed by atoms with Crippen LogP contribution in [0.25, 0.3) is 0 Å². The quantitative estimate of drug-likeness (QED) is 0.896. The molecule has 1 saturated heterocycles. The first-order valence-electron chi connectivity index (χ1n) is 6.43. The standard InChI is InChI=1S/C14H18ClFN2O/c1-9(2)14(6-7-17-8-14)13(19)18-11-5-3-4-10(15)12(11)16/h3-5,9,17H,6-8H2,1-2H3,(H,18,19). The molecule has 0 radical (unpaired) electrons. The van der Waals surface area contributed by atoms with Gasteiger partial charge in [-0.25, -0.2) is 4.39 Å². The van der Waals surface area contributed by atoms with Crippen molar-refractivity contribution >= 4 is 23.2 Å². The molecule has 1 amide bonds. The molecule has 1 heterocycles. The summed E-state index contributed by atoms with van der Waals surface area (Å²) >= 11 is 5.72. The normalized spacial score (nSPS) is 22.8. The maximum Gasteiger partial charge on any atom is 0.232 e. The van der Waals surface area contributed by atoms with Crippen LogP contribution in [-0.4, -0.2) is 19.0 Å². The molecule has 3 nitrogen and oxygen atoms in total. The summed E-state index contributed by atoms with van der Waals surface area (Å²) in [7, 11) is 0. The van der Waals surface area contributed by atoms with Crippen LogP contribution in [0.1, 0.15) is 20.3 Å². The van der Waals surface area contributed by atoms with Crippen molar-refractivity contribution in [3.8, 4) is 0 Å². The Morgan fingerprint density at radius 1 is 1.53 bits per heavy atom. The topological polar surface area (TPSA) is 41.1 Å². The van der Waals surface area contributed by atoms with Gasteiger partial charge in [0.2, 0.25) is 5.91 Å². The minimum absolute atomic E-state index is 0.0148. The van der Waals surface area contributed by atoms with Crippen LogP contribution in [0.3, 0.4) is 0 Å². The predicted molar refractivity (Wildman–Crippen MR) is 74.8 cm³/mol. The Labute approximate surface area is 117 Å². The third kappa shape index (κ3) is 2.60. The van der Waals surface area contributed by atoms with E-state index in [4.69, 9.17) is 11.6 Å². The Bertz CT molecular complexity index is 484. The van der Waals surface area contributed by atoms with E-state index in [-0.39, 0.29) is 22.5 Å². The zero-order valence-corrected chi connectivity index (χ0v) is 11.9. The fourth-order valence-electron chi connectivity index (χ4n) is 2.51. The van der Waals surface area contributed by atoms with Gasteiger partial charge in [-0.15, -0.1) is 0 Å². The molecule has 0 saturated carbocycles. The molecule has 2 N–H and O–H groups in total. The molecule has 1 aromatic carbocycles. The molecule has 0 bridgehead atoms. The SMILES string of the molecule is CC(C)C1(C(=O)Nc2cccc(Cl)c2F)CCNC1. The number of nitrogens with one attached hydrogen (secondary N) is 2. The third-order valence-corrected chi connectivity index (χ3v) is 4.24. The zero-order valence-electron chi connectivity index (χ0n) is 11.1. The number of amides is 1. The highest BCUT2D eigenvalue weighted by molar-refractivity contribution is 6.31. The van der Waals surface area contributed by atoms with Gasteiger partial charge in [0.25, 0.3) is 0 Å². The predicted octanol–water partition coefficient (Wildman–Crippen LogP) is 3.05. The van der Waals surface area contributed by atoms with E-state index in [1.807, 2.05) is 13.8 Å². The summed E-state index contributed by atoms with van der Waals surface area (Å²) in [5.41, 5.74) is -0.334. The number of rotatable bonds is 3. The zero-order chi connectivity index (χ0) is 14.0. The van der Waals surface area contributed by atoms with Gasteiger partial charge < -0.3 is 10.6 Å². The van der Waals surface area contributed by atoms with Crippen LogP contribution in [0.15, 0.2) is 18.2 Å². The van der Waals surface area contributed by atoms with Crippen molar-refractivity contribution in [1.29, 1.82) is 0 Å². The summed E-state index contributed by atoms with van der Waals surface area (Å²) in [5.74, 6) is -0.541. The van der Waals surface area contributed by atoms with Crippen LogP contribution in [0, 0.1) is 17.2 Å². The lowest BCUT2D eigenvalue weighted by Crippen LogP contribution is -2.42. The average molecular weight is 285 g/mol. The Kier molecular flexibility index (Phi) is 4.11. The lowest BCUT2D eigenvalue weighted by atomic mass is 9.75. The highest BCUT2D eigenvalue weighted by atomic mass is 35.5. The number of anilines is 1. The van der Waals surface area contributed by atoms with Crippen molar-refractivity contribution in [2.24, 2.45) is 11.3 Å². The second-order valence-corrected chi connectivity index (χ2v) is 5.70. The van der Waals surface area contributed by atoms with Gasteiger partial charge in [-0.1, -0.05) is 31.5 Å². The van der Waals surface area contributed by atoms with E-state index >= 15 is 0 Å². The van der Waals surface area contributed by atoms with Crippen LogP contribution in [0.4, 0.5) is 10.1 Å². The fourth-order valence-corrected chi connectivity index (χ4v) is 2.68. The maximum atomic E-state index is 13.8. The van der Waals surface area contributed by atoms with Gasteiger partial charge in [-0.2, -0.15) is 0 Å². The van der Waals surface area contributed by atoms with E-state index in [1.165, 1.54) is 12.1 Å². The molecule has 2 rings (SSSR count). The van der Waals surface area contributed by atoms with Crippen molar-refractivity contribution in [2.45, 2.75) is 20.3 Å². The van der Waals surface area contributed by atoms with Gasteiger partial charge in [0, 0.05) is 6.54 Å². The lowest BCUT2D eigenvalue weighted by Gasteiger charge is -2.31. The molecule has 1 aromatic rings. The van der Waals surface area contributed by atoms with Gasteiger partial charge >= 0.3 is 0 Å². The monoisotopic (exact) mass is 284 g/mol. The highest BCUT2D eigenvalue weighted by Gasteiger charge is 2.44. The molecular weight excluding hydrogens is 267 g/mol. The Balaban J connectivity index is 2.23. The van der Waals surface area contributed by atoms with Crippen molar-refractivity contribution in [3.05, 3.63) is 29.0 Å². The van der Waals surface area contributed by atoms with Crippen molar-refractivity contribution in [3.63, 3.8) is 0 Å². The largest absolute Gasteiger partial charge is 0.323 e. The molecule has 104 valence electrons. The van der Waals surface area contributed by atoms with E-state index < -0.39 is 11.2 Å². The number of carbonyl (C=O) groups excluding carboxylic acids is 1. The number of hydrogen-bond donors (Lipinski definition) is 2. The number of halogens is 2. The van der Waals surface area contributed by atoms with Crippen LogP contribution in [-0.2, 0) is 4.79 Å². The van der Waals surface area contributed by atoms with E-state index in [0.717, 1.165) is 13.0 Å². The molecule has 1 aliphatic rings. The molecule has 1 unspecified atom stereocenters. The first-order valence-corrected chi connectivity index (χ1v) is 6.81. The molecule has 19 heavy (non-hydrogen) atoms. The van der Waals surface area contributed by atoms with E-state index in [1.54, 1.807) is 6.07 Å². The number of carbonyl (C=O) groups is 1. The Morgan fingerprint density at radius 2 is 2.26 bits per heavy atom. The highest BCUT2D eigenvalue weighted by Crippen LogP contribution is 2.36. The first-order chi connectivity index (χ1) is 8.97. The molecule has 1 atom stereocenters. The third-order valence-electron chi connectivity index (χ3n) is 3.95. The average Bonchev–Trinajstić information content (AvgIpc) is 2.85. The van der Waals surface area contributed by atoms with Crippen LogP contribution in [0.2, 0.25) is 5.02 Å². The summed E-state index contributed by atoms with van der Waals surface area (Å²) in [5, 5.41) is 5.90. The molecule has 0 aliphatic carbocycles. The summed E-state index contributed by atoms with van der Waals surface area (Å²) in [6.45, 7) is 5.46. The number of hydrogen-bond acceptors (Lipinski definition) is 2. The molecule has 1 aliphatic heterocycles. The van der Waals surface area contributed by atoms with E-state index in [9.17, 15) is 9.18 Å². The van der Waals surface area contributed by atoms with Gasteiger partial charge in [0.1, 0.15) is 0 Å². The van der Waals surface area contributed by atoms with Gasteiger partial charge in [-0.05, 0) is 31.0 Å². The summed E-state index contributed by atoms with van der Waals surface area (Å²) in [6, 6.07) is 4.60.